The Morgan fingerprint density at radius 1 is 1.31 bits per heavy atom. The van der Waals surface area contributed by atoms with Gasteiger partial charge in [0.1, 0.15) is 5.75 Å². The maximum atomic E-state index is 9.66. The number of hydrogen-bond donors (Lipinski definition) is 3. The first kappa shape index (κ1) is 15.8. The van der Waals surface area contributed by atoms with E-state index < -0.39 is 0 Å². The molecule has 0 saturated heterocycles. The van der Waals surface area contributed by atoms with E-state index in [0.29, 0.717) is 23.4 Å². The minimum Gasteiger partial charge on any atom is -0.506 e. The van der Waals surface area contributed by atoms with Gasteiger partial charge in [0.2, 0.25) is 0 Å². The van der Waals surface area contributed by atoms with Crippen LogP contribution in [-0.2, 0) is 0 Å². The second-order valence-electron chi connectivity index (χ2n) is 3.30. The van der Waals surface area contributed by atoms with Gasteiger partial charge in [0.05, 0.1) is 5.02 Å². The molecule has 0 aliphatic heterocycles. The third-order valence-electron chi connectivity index (χ3n) is 2.13. The standard InChI is InChI=1S/C10H13Cl2NO2.ClH/c11-6-4-7(9(13)2-1-3-14)10(15)8(12)5-6;/h4-5,9,14-15H,1-3,13H2;1H/t9-;/m1./s1. The summed E-state index contributed by atoms with van der Waals surface area (Å²) in [5.41, 5.74) is 6.35. The Bertz CT molecular complexity index is 347. The van der Waals surface area contributed by atoms with Crippen LogP contribution in [0.5, 0.6) is 5.75 Å². The smallest absolute Gasteiger partial charge is 0.139 e. The van der Waals surface area contributed by atoms with E-state index in [-0.39, 0.29) is 35.8 Å². The number of hydrogen-bond acceptors (Lipinski definition) is 3. The number of rotatable bonds is 4. The van der Waals surface area contributed by atoms with Gasteiger partial charge >= 0.3 is 0 Å². The lowest BCUT2D eigenvalue weighted by Gasteiger charge is -2.14. The van der Waals surface area contributed by atoms with Crippen molar-refractivity contribution in [2.24, 2.45) is 5.73 Å². The predicted molar refractivity (Wildman–Crippen MR) is 68.6 cm³/mol. The normalized spacial score (nSPS) is 12.0. The third-order valence-corrected chi connectivity index (χ3v) is 2.64. The molecule has 1 aromatic carbocycles. The summed E-state index contributed by atoms with van der Waals surface area (Å²) in [6.45, 7) is 0.0722. The van der Waals surface area contributed by atoms with Gasteiger partial charge in [-0.2, -0.15) is 0 Å². The van der Waals surface area contributed by atoms with E-state index in [9.17, 15) is 5.11 Å². The Balaban J connectivity index is 0.00000225. The van der Waals surface area contributed by atoms with E-state index in [2.05, 4.69) is 0 Å². The quantitative estimate of drug-likeness (QED) is 0.797. The van der Waals surface area contributed by atoms with Crippen molar-refractivity contribution in [3.05, 3.63) is 27.7 Å². The number of nitrogens with two attached hydrogens (primary N) is 1. The molecule has 0 unspecified atom stereocenters. The van der Waals surface area contributed by atoms with Gasteiger partial charge in [0.25, 0.3) is 0 Å². The Morgan fingerprint density at radius 2 is 1.94 bits per heavy atom. The Kier molecular flexibility index (Phi) is 7.11. The fraction of sp³-hybridized carbons (Fsp3) is 0.400. The summed E-state index contributed by atoms with van der Waals surface area (Å²) in [6, 6.07) is 2.68. The van der Waals surface area contributed by atoms with Crippen LogP contribution in [0.1, 0.15) is 24.4 Å². The zero-order valence-corrected chi connectivity index (χ0v) is 10.8. The molecule has 0 aliphatic rings. The fourth-order valence-electron chi connectivity index (χ4n) is 1.34. The summed E-state index contributed by atoms with van der Waals surface area (Å²) in [5, 5.41) is 19.0. The maximum absolute atomic E-state index is 9.66. The predicted octanol–water partition coefficient (Wildman–Crippen LogP) is 2.89. The highest BCUT2D eigenvalue weighted by Gasteiger charge is 2.14. The molecule has 0 amide bonds. The van der Waals surface area contributed by atoms with E-state index in [1.807, 2.05) is 0 Å². The molecule has 92 valence electrons. The third kappa shape index (κ3) is 4.00. The topological polar surface area (TPSA) is 66.5 Å². The number of benzene rings is 1. The van der Waals surface area contributed by atoms with Crippen molar-refractivity contribution in [3.8, 4) is 5.75 Å². The molecule has 16 heavy (non-hydrogen) atoms. The van der Waals surface area contributed by atoms with Crippen LogP contribution < -0.4 is 5.73 Å². The van der Waals surface area contributed by atoms with Crippen molar-refractivity contribution >= 4 is 35.6 Å². The summed E-state index contributed by atoms with van der Waals surface area (Å²) in [5.74, 6) is -0.0356. The Hall–Kier alpha value is -0.190. The highest BCUT2D eigenvalue weighted by molar-refractivity contribution is 6.35. The van der Waals surface area contributed by atoms with Crippen LogP contribution in [0.2, 0.25) is 10.0 Å². The SMILES string of the molecule is Cl.N[C@H](CCCO)c1cc(Cl)cc(Cl)c1O. The molecule has 0 aliphatic carbocycles. The lowest BCUT2D eigenvalue weighted by Crippen LogP contribution is -2.11. The largest absolute Gasteiger partial charge is 0.506 e. The maximum Gasteiger partial charge on any atom is 0.139 e. The van der Waals surface area contributed by atoms with Gasteiger partial charge in [-0.3, -0.25) is 0 Å². The summed E-state index contributed by atoms with van der Waals surface area (Å²) in [7, 11) is 0. The molecule has 1 atom stereocenters. The summed E-state index contributed by atoms with van der Waals surface area (Å²) in [4.78, 5) is 0. The highest BCUT2D eigenvalue weighted by Crippen LogP contribution is 2.35. The van der Waals surface area contributed by atoms with Crippen molar-refractivity contribution in [2.75, 3.05) is 6.61 Å². The van der Waals surface area contributed by atoms with Crippen molar-refractivity contribution < 1.29 is 10.2 Å². The van der Waals surface area contributed by atoms with Gasteiger partial charge in [-0.25, -0.2) is 0 Å². The molecule has 6 heteroatoms. The average Bonchev–Trinajstić information content (AvgIpc) is 2.19. The Labute approximate surface area is 111 Å². The zero-order valence-electron chi connectivity index (χ0n) is 8.49. The highest BCUT2D eigenvalue weighted by atomic mass is 35.5. The van der Waals surface area contributed by atoms with E-state index >= 15 is 0 Å². The molecular formula is C10H14Cl3NO2. The summed E-state index contributed by atoms with van der Waals surface area (Å²) in [6.07, 6.45) is 1.14. The molecule has 1 aromatic rings. The molecule has 0 aromatic heterocycles. The summed E-state index contributed by atoms with van der Waals surface area (Å²) < 4.78 is 0. The molecule has 0 spiro atoms. The lowest BCUT2D eigenvalue weighted by atomic mass is 10.0. The van der Waals surface area contributed by atoms with Gasteiger partial charge in [0.15, 0.2) is 0 Å². The number of aliphatic hydroxyl groups is 1. The van der Waals surface area contributed by atoms with Crippen LogP contribution in [0.25, 0.3) is 0 Å². The van der Waals surface area contributed by atoms with Crippen LogP contribution in [0.4, 0.5) is 0 Å². The molecule has 4 N–H and O–H groups in total. The van der Waals surface area contributed by atoms with Crippen LogP contribution in [0, 0.1) is 0 Å². The van der Waals surface area contributed by atoms with Gasteiger partial charge < -0.3 is 15.9 Å². The van der Waals surface area contributed by atoms with E-state index in [1.165, 1.54) is 6.07 Å². The number of halogens is 3. The zero-order chi connectivity index (χ0) is 11.4. The van der Waals surface area contributed by atoms with Gasteiger partial charge in [-0.1, -0.05) is 23.2 Å². The molecule has 0 bridgehead atoms. The molecule has 0 fully saturated rings. The van der Waals surface area contributed by atoms with E-state index in [1.54, 1.807) is 6.07 Å². The summed E-state index contributed by atoms with van der Waals surface area (Å²) >= 11 is 11.6. The van der Waals surface area contributed by atoms with Crippen LogP contribution in [0.15, 0.2) is 12.1 Å². The molecule has 0 radical (unpaired) electrons. The first-order valence-corrected chi connectivity index (χ1v) is 5.36. The lowest BCUT2D eigenvalue weighted by molar-refractivity contribution is 0.279. The van der Waals surface area contributed by atoms with Crippen molar-refractivity contribution in [1.29, 1.82) is 0 Å². The first-order valence-electron chi connectivity index (χ1n) is 4.60. The monoisotopic (exact) mass is 285 g/mol. The van der Waals surface area contributed by atoms with Gasteiger partial charge in [-0.15, -0.1) is 12.4 Å². The number of phenolic OH excluding ortho intramolecular Hbond substituents is 1. The number of aromatic hydroxyl groups is 1. The van der Waals surface area contributed by atoms with E-state index in [4.69, 9.17) is 34.0 Å². The minimum atomic E-state index is -0.367. The fourth-order valence-corrected chi connectivity index (χ4v) is 1.84. The second-order valence-corrected chi connectivity index (χ2v) is 4.14. The molecule has 3 nitrogen and oxygen atoms in total. The van der Waals surface area contributed by atoms with Gasteiger partial charge in [0, 0.05) is 23.2 Å². The van der Waals surface area contributed by atoms with Crippen molar-refractivity contribution in [1.82, 2.24) is 0 Å². The van der Waals surface area contributed by atoms with E-state index in [0.717, 1.165) is 0 Å². The minimum absolute atomic E-state index is 0. The molecule has 1 rings (SSSR count). The van der Waals surface area contributed by atoms with Crippen molar-refractivity contribution in [2.45, 2.75) is 18.9 Å². The number of aliphatic hydroxyl groups excluding tert-OH is 1. The van der Waals surface area contributed by atoms with Crippen LogP contribution in [-0.4, -0.2) is 16.8 Å². The first-order chi connectivity index (χ1) is 7.06. The second kappa shape index (κ2) is 7.20. The van der Waals surface area contributed by atoms with Crippen LogP contribution >= 0.6 is 35.6 Å². The Morgan fingerprint density at radius 3 is 2.50 bits per heavy atom. The van der Waals surface area contributed by atoms with Gasteiger partial charge in [-0.05, 0) is 25.0 Å². The molecule has 0 heterocycles. The van der Waals surface area contributed by atoms with Crippen LogP contribution in [0.3, 0.4) is 0 Å². The van der Waals surface area contributed by atoms with Crippen molar-refractivity contribution in [3.63, 3.8) is 0 Å². The number of phenols is 1. The molecular weight excluding hydrogens is 272 g/mol. The average molecular weight is 287 g/mol. The molecule has 0 saturated carbocycles.